The molecule has 0 radical (unpaired) electrons. The molecule has 0 aliphatic heterocycles. The van der Waals surface area contributed by atoms with Gasteiger partial charge in [0.25, 0.3) is 0 Å². The molecule has 2 N–H and O–H groups in total. The van der Waals surface area contributed by atoms with E-state index in [2.05, 4.69) is 10.6 Å². The van der Waals surface area contributed by atoms with Gasteiger partial charge in [0.1, 0.15) is 6.54 Å². The average molecular weight is 341 g/mol. The molecular formula is C15H23N3O4S. The summed E-state index contributed by atoms with van der Waals surface area (Å²) in [6.07, 6.45) is 1.79. The summed E-state index contributed by atoms with van der Waals surface area (Å²) in [5, 5.41) is 5.32. The lowest BCUT2D eigenvalue weighted by atomic mass is 10.2. The number of hydrogen-bond donors (Lipinski definition) is 2. The molecule has 2 amide bonds. The van der Waals surface area contributed by atoms with E-state index in [1.54, 1.807) is 18.2 Å². The molecule has 1 rings (SSSR count). The summed E-state index contributed by atoms with van der Waals surface area (Å²) in [7, 11) is -3.64. The van der Waals surface area contributed by atoms with Crippen LogP contribution in [0.25, 0.3) is 0 Å². The van der Waals surface area contributed by atoms with E-state index in [1.807, 2.05) is 13.8 Å². The van der Waals surface area contributed by atoms with Crippen molar-refractivity contribution in [2.75, 3.05) is 22.4 Å². The lowest BCUT2D eigenvalue weighted by Gasteiger charge is -2.23. The van der Waals surface area contributed by atoms with E-state index in [9.17, 15) is 18.0 Å². The predicted octanol–water partition coefficient (Wildman–Crippen LogP) is 1.33. The van der Waals surface area contributed by atoms with Gasteiger partial charge in [0, 0.05) is 18.7 Å². The van der Waals surface area contributed by atoms with Crippen LogP contribution in [0.15, 0.2) is 24.3 Å². The van der Waals surface area contributed by atoms with Gasteiger partial charge in [-0.2, -0.15) is 0 Å². The second kappa shape index (κ2) is 7.96. The summed E-state index contributed by atoms with van der Waals surface area (Å²) in [6.45, 7) is 4.82. The van der Waals surface area contributed by atoms with Crippen LogP contribution < -0.4 is 14.9 Å². The molecule has 1 aromatic carbocycles. The third-order valence-corrected chi connectivity index (χ3v) is 4.30. The third-order valence-electron chi connectivity index (χ3n) is 3.16. The smallest absolute Gasteiger partial charge is 0.240 e. The van der Waals surface area contributed by atoms with E-state index in [4.69, 9.17) is 0 Å². The molecule has 0 aliphatic rings. The first-order chi connectivity index (χ1) is 10.6. The SMILES string of the molecule is CCC(C)NC(=O)CN(c1cccc(NC(C)=O)c1)S(C)(=O)=O. The van der Waals surface area contributed by atoms with Crippen molar-refractivity contribution in [1.82, 2.24) is 5.32 Å². The van der Waals surface area contributed by atoms with Crippen molar-refractivity contribution in [3.8, 4) is 0 Å². The molecule has 0 heterocycles. The average Bonchev–Trinajstić information content (AvgIpc) is 2.43. The van der Waals surface area contributed by atoms with Crippen molar-refractivity contribution < 1.29 is 18.0 Å². The summed E-state index contributed by atoms with van der Waals surface area (Å²) in [5.74, 6) is -0.641. The van der Waals surface area contributed by atoms with Crippen LogP contribution in [0.4, 0.5) is 11.4 Å². The Kier molecular flexibility index (Phi) is 6.56. The van der Waals surface area contributed by atoms with E-state index in [1.165, 1.54) is 13.0 Å². The van der Waals surface area contributed by atoms with Gasteiger partial charge in [0.05, 0.1) is 11.9 Å². The first-order valence-electron chi connectivity index (χ1n) is 7.28. The maximum Gasteiger partial charge on any atom is 0.240 e. The number of hydrogen-bond acceptors (Lipinski definition) is 4. The lowest BCUT2D eigenvalue weighted by molar-refractivity contribution is -0.120. The molecule has 1 aromatic rings. The zero-order valence-corrected chi connectivity index (χ0v) is 14.6. The molecule has 0 saturated heterocycles. The van der Waals surface area contributed by atoms with Gasteiger partial charge in [-0.1, -0.05) is 13.0 Å². The first-order valence-corrected chi connectivity index (χ1v) is 9.13. The monoisotopic (exact) mass is 341 g/mol. The molecule has 8 heteroatoms. The Morgan fingerprint density at radius 3 is 2.48 bits per heavy atom. The predicted molar refractivity (Wildman–Crippen MR) is 90.8 cm³/mol. The molecule has 1 unspecified atom stereocenters. The molecule has 23 heavy (non-hydrogen) atoms. The van der Waals surface area contributed by atoms with Crippen molar-refractivity contribution in [1.29, 1.82) is 0 Å². The van der Waals surface area contributed by atoms with E-state index < -0.39 is 10.0 Å². The minimum atomic E-state index is -3.64. The lowest BCUT2D eigenvalue weighted by Crippen LogP contribution is -2.43. The van der Waals surface area contributed by atoms with Crippen LogP contribution in [0.2, 0.25) is 0 Å². The largest absolute Gasteiger partial charge is 0.352 e. The van der Waals surface area contributed by atoms with Crippen molar-refractivity contribution in [2.45, 2.75) is 33.2 Å². The highest BCUT2D eigenvalue weighted by atomic mass is 32.2. The van der Waals surface area contributed by atoms with Gasteiger partial charge < -0.3 is 10.6 Å². The van der Waals surface area contributed by atoms with Crippen LogP contribution >= 0.6 is 0 Å². The van der Waals surface area contributed by atoms with Crippen LogP contribution in [0.1, 0.15) is 27.2 Å². The number of nitrogens with zero attached hydrogens (tertiary/aromatic N) is 1. The van der Waals surface area contributed by atoms with Crippen LogP contribution in [0, 0.1) is 0 Å². The number of carbonyl (C=O) groups excluding carboxylic acids is 2. The summed E-state index contributed by atoms with van der Waals surface area (Å²) in [6, 6.07) is 6.31. The molecule has 0 aromatic heterocycles. The Balaban J connectivity index is 3.04. The number of rotatable bonds is 7. The molecule has 0 spiro atoms. The van der Waals surface area contributed by atoms with E-state index in [0.717, 1.165) is 17.0 Å². The zero-order chi connectivity index (χ0) is 17.6. The number of carbonyl (C=O) groups is 2. The van der Waals surface area contributed by atoms with Gasteiger partial charge in [0.2, 0.25) is 21.8 Å². The Morgan fingerprint density at radius 2 is 1.96 bits per heavy atom. The van der Waals surface area contributed by atoms with Gasteiger partial charge in [-0.3, -0.25) is 13.9 Å². The van der Waals surface area contributed by atoms with Crippen LogP contribution in [-0.4, -0.2) is 39.1 Å². The van der Waals surface area contributed by atoms with Crippen molar-refractivity contribution in [2.24, 2.45) is 0 Å². The zero-order valence-electron chi connectivity index (χ0n) is 13.8. The Labute approximate surface area is 137 Å². The summed E-state index contributed by atoms with van der Waals surface area (Å²) < 4.78 is 25.0. The van der Waals surface area contributed by atoms with E-state index in [0.29, 0.717) is 11.4 Å². The van der Waals surface area contributed by atoms with Crippen LogP contribution in [-0.2, 0) is 19.6 Å². The van der Waals surface area contributed by atoms with Gasteiger partial charge >= 0.3 is 0 Å². The van der Waals surface area contributed by atoms with Crippen LogP contribution in [0.5, 0.6) is 0 Å². The standard InChI is InChI=1S/C15H23N3O4S/c1-5-11(2)16-15(20)10-18(23(4,21)22)14-8-6-7-13(9-14)17-12(3)19/h6-9,11H,5,10H2,1-4H3,(H,16,20)(H,17,19). The molecule has 0 aliphatic carbocycles. The fraction of sp³-hybridized carbons (Fsp3) is 0.467. The fourth-order valence-electron chi connectivity index (χ4n) is 1.90. The van der Waals surface area contributed by atoms with E-state index in [-0.39, 0.29) is 24.4 Å². The molecule has 7 nitrogen and oxygen atoms in total. The van der Waals surface area contributed by atoms with Gasteiger partial charge in [0.15, 0.2) is 0 Å². The van der Waals surface area contributed by atoms with Crippen molar-refractivity contribution in [3.63, 3.8) is 0 Å². The van der Waals surface area contributed by atoms with Gasteiger partial charge in [-0.05, 0) is 31.5 Å². The Bertz CT molecular complexity index is 673. The van der Waals surface area contributed by atoms with Crippen LogP contribution in [0.3, 0.4) is 0 Å². The number of anilines is 2. The van der Waals surface area contributed by atoms with Gasteiger partial charge in [-0.15, -0.1) is 0 Å². The van der Waals surface area contributed by atoms with Crippen molar-refractivity contribution in [3.05, 3.63) is 24.3 Å². The Hall–Kier alpha value is -2.09. The fourth-order valence-corrected chi connectivity index (χ4v) is 2.74. The Morgan fingerprint density at radius 1 is 1.30 bits per heavy atom. The minimum absolute atomic E-state index is 0.0328. The number of sulfonamides is 1. The van der Waals surface area contributed by atoms with Gasteiger partial charge in [-0.25, -0.2) is 8.42 Å². The highest BCUT2D eigenvalue weighted by Crippen LogP contribution is 2.21. The first kappa shape index (κ1) is 19.0. The summed E-state index contributed by atoms with van der Waals surface area (Å²) in [5.41, 5.74) is 0.782. The molecular weight excluding hydrogens is 318 g/mol. The van der Waals surface area contributed by atoms with Crippen molar-refractivity contribution >= 4 is 33.2 Å². The molecule has 128 valence electrons. The second-order valence-corrected chi connectivity index (χ2v) is 7.28. The second-order valence-electron chi connectivity index (χ2n) is 5.38. The normalized spacial score (nSPS) is 12.3. The minimum Gasteiger partial charge on any atom is -0.352 e. The molecule has 0 bridgehead atoms. The highest BCUT2D eigenvalue weighted by molar-refractivity contribution is 7.92. The molecule has 1 atom stereocenters. The number of nitrogens with one attached hydrogen (secondary N) is 2. The summed E-state index contributed by atoms with van der Waals surface area (Å²) in [4.78, 5) is 23.1. The topological polar surface area (TPSA) is 95.6 Å². The summed E-state index contributed by atoms with van der Waals surface area (Å²) >= 11 is 0. The quantitative estimate of drug-likeness (QED) is 0.782. The maximum atomic E-state index is 12.0. The molecule has 0 saturated carbocycles. The third kappa shape index (κ3) is 6.27. The highest BCUT2D eigenvalue weighted by Gasteiger charge is 2.21. The number of amides is 2. The number of benzene rings is 1. The maximum absolute atomic E-state index is 12.0. The molecule has 0 fully saturated rings. The van der Waals surface area contributed by atoms with E-state index >= 15 is 0 Å².